The number of allylic oxidation sites excluding steroid dienone is 1. The molecule has 0 N–H and O–H groups in total. The van der Waals surface area contributed by atoms with Crippen LogP contribution in [-0.2, 0) is 20.9 Å². The van der Waals surface area contributed by atoms with Crippen molar-refractivity contribution in [1.82, 2.24) is 14.8 Å². The standard InChI is InChI=1S/C17H18N4O5S/c1-4-10-20-15(12-6-8-13(9-7-12)21(24)25)18-19-17(20)27-14(11(3)22)16(23)26-5-2/h4,6-9,14H,1,5,10H2,2-3H3. The van der Waals surface area contributed by atoms with Crippen LogP contribution < -0.4 is 0 Å². The Morgan fingerprint density at radius 3 is 2.56 bits per heavy atom. The van der Waals surface area contributed by atoms with Gasteiger partial charge in [0.2, 0.25) is 0 Å². The summed E-state index contributed by atoms with van der Waals surface area (Å²) in [5, 5.41) is 18.3. The number of ether oxygens (including phenoxy) is 1. The molecular formula is C17H18N4O5S. The summed E-state index contributed by atoms with van der Waals surface area (Å²) in [5.41, 5.74) is 0.569. The Hall–Kier alpha value is -3.01. The van der Waals surface area contributed by atoms with Gasteiger partial charge in [0.05, 0.1) is 11.5 Å². The minimum atomic E-state index is -1.05. The van der Waals surface area contributed by atoms with E-state index in [-0.39, 0.29) is 18.1 Å². The Balaban J connectivity index is 2.38. The summed E-state index contributed by atoms with van der Waals surface area (Å²) in [5.74, 6) is -0.554. The number of rotatable bonds is 9. The van der Waals surface area contributed by atoms with Gasteiger partial charge in [-0.15, -0.1) is 16.8 Å². The van der Waals surface area contributed by atoms with Gasteiger partial charge in [-0.05, 0) is 26.0 Å². The molecule has 0 fully saturated rings. The zero-order valence-electron chi connectivity index (χ0n) is 14.8. The lowest BCUT2D eigenvalue weighted by molar-refractivity contribution is -0.384. The van der Waals surface area contributed by atoms with Crippen LogP contribution in [0.3, 0.4) is 0 Å². The first-order valence-electron chi connectivity index (χ1n) is 8.01. The first-order valence-corrected chi connectivity index (χ1v) is 8.89. The number of thioether (sulfide) groups is 1. The Morgan fingerprint density at radius 1 is 1.37 bits per heavy atom. The van der Waals surface area contributed by atoms with Crippen LogP contribution in [0, 0.1) is 10.1 Å². The van der Waals surface area contributed by atoms with Crippen molar-refractivity contribution >= 4 is 29.2 Å². The highest BCUT2D eigenvalue weighted by Gasteiger charge is 2.29. The molecule has 2 aromatic rings. The fourth-order valence-electron chi connectivity index (χ4n) is 2.24. The monoisotopic (exact) mass is 390 g/mol. The Labute approximate surface area is 159 Å². The normalized spacial score (nSPS) is 11.6. The predicted molar refractivity (Wildman–Crippen MR) is 99.3 cm³/mol. The molecule has 1 aromatic carbocycles. The summed E-state index contributed by atoms with van der Waals surface area (Å²) < 4.78 is 6.62. The number of nitrogens with zero attached hydrogens (tertiary/aromatic N) is 4. The number of carbonyl (C=O) groups is 2. The molecule has 0 spiro atoms. The number of hydrogen-bond donors (Lipinski definition) is 0. The Morgan fingerprint density at radius 2 is 2.04 bits per heavy atom. The number of aromatic nitrogens is 3. The maximum absolute atomic E-state index is 12.0. The van der Waals surface area contributed by atoms with Gasteiger partial charge in [-0.2, -0.15) is 0 Å². The fraction of sp³-hybridized carbons (Fsp3) is 0.294. The van der Waals surface area contributed by atoms with Crippen LogP contribution in [0.5, 0.6) is 0 Å². The fourth-order valence-corrected chi connectivity index (χ4v) is 3.15. The number of esters is 1. The predicted octanol–water partition coefficient (Wildman–Crippen LogP) is 2.65. The van der Waals surface area contributed by atoms with Gasteiger partial charge in [-0.3, -0.25) is 24.3 Å². The first kappa shape index (κ1) is 20.3. The molecule has 0 saturated carbocycles. The zero-order valence-corrected chi connectivity index (χ0v) is 15.6. The van der Waals surface area contributed by atoms with Crippen LogP contribution in [-0.4, -0.2) is 43.3 Å². The number of carbonyl (C=O) groups excluding carboxylic acids is 2. The molecule has 27 heavy (non-hydrogen) atoms. The highest BCUT2D eigenvalue weighted by atomic mass is 32.2. The molecular weight excluding hydrogens is 372 g/mol. The van der Waals surface area contributed by atoms with Crippen molar-refractivity contribution in [3.05, 3.63) is 47.0 Å². The van der Waals surface area contributed by atoms with Crippen molar-refractivity contribution in [2.75, 3.05) is 6.61 Å². The van der Waals surface area contributed by atoms with Crippen LogP contribution in [0.25, 0.3) is 11.4 Å². The maximum Gasteiger partial charge on any atom is 0.327 e. The lowest BCUT2D eigenvalue weighted by Crippen LogP contribution is -2.27. The maximum atomic E-state index is 12.0. The van der Waals surface area contributed by atoms with Gasteiger partial charge in [0.15, 0.2) is 22.0 Å². The molecule has 10 heteroatoms. The molecule has 0 saturated heterocycles. The van der Waals surface area contributed by atoms with E-state index in [0.717, 1.165) is 11.8 Å². The molecule has 1 atom stereocenters. The molecule has 0 amide bonds. The van der Waals surface area contributed by atoms with E-state index in [0.29, 0.717) is 23.1 Å². The summed E-state index contributed by atoms with van der Waals surface area (Å²) in [6.07, 6.45) is 1.62. The van der Waals surface area contributed by atoms with E-state index in [1.807, 2.05) is 0 Å². The van der Waals surface area contributed by atoms with Crippen molar-refractivity contribution in [1.29, 1.82) is 0 Å². The largest absolute Gasteiger partial charge is 0.465 e. The smallest absolute Gasteiger partial charge is 0.327 e. The van der Waals surface area contributed by atoms with E-state index in [4.69, 9.17) is 4.74 Å². The molecule has 142 valence electrons. The summed E-state index contributed by atoms with van der Waals surface area (Å²) in [6.45, 7) is 7.15. The van der Waals surface area contributed by atoms with Gasteiger partial charge < -0.3 is 4.74 Å². The highest BCUT2D eigenvalue weighted by Crippen LogP contribution is 2.29. The minimum absolute atomic E-state index is 0.0397. The van der Waals surface area contributed by atoms with E-state index < -0.39 is 16.1 Å². The second-order valence-electron chi connectivity index (χ2n) is 5.37. The summed E-state index contributed by atoms with van der Waals surface area (Å²) in [6, 6.07) is 5.85. The van der Waals surface area contributed by atoms with E-state index >= 15 is 0 Å². The number of ketones is 1. The number of nitro groups is 1. The minimum Gasteiger partial charge on any atom is -0.465 e. The third kappa shape index (κ3) is 4.79. The topological polar surface area (TPSA) is 117 Å². The molecule has 0 bridgehead atoms. The Kier molecular flexibility index (Phi) is 6.83. The van der Waals surface area contributed by atoms with Crippen molar-refractivity contribution in [2.24, 2.45) is 0 Å². The highest BCUT2D eigenvalue weighted by molar-refractivity contribution is 8.01. The average molecular weight is 390 g/mol. The van der Waals surface area contributed by atoms with Crippen LogP contribution in [0.4, 0.5) is 5.69 Å². The van der Waals surface area contributed by atoms with Crippen molar-refractivity contribution in [3.63, 3.8) is 0 Å². The van der Waals surface area contributed by atoms with Gasteiger partial charge in [0.1, 0.15) is 0 Å². The second kappa shape index (κ2) is 9.08. The SMILES string of the molecule is C=CCn1c(SC(C(C)=O)C(=O)OCC)nnc1-c1ccc([N+](=O)[O-])cc1. The molecule has 0 aliphatic carbocycles. The van der Waals surface area contributed by atoms with E-state index in [1.165, 1.54) is 19.1 Å². The van der Waals surface area contributed by atoms with Crippen LogP contribution in [0.2, 0.25) is 0 Å². The van der Waals surface area contributed by atoms with Gasteiger partial charge in [0, 0.05) is 24.2 Å². The summed E-state index contributed by atoms with van der Waals surface area (Å²) >= 11 is 0.944. The number of Topliss-reactive ketones (excluding diaryl/α,β-unsaturated/α-hetero) is 1. The zero-order chi connectivity index (χ0) is 20.0. The van der Waals surface area contributed by atoms with Crippen LogP contribution >= 0.6 is 11.8 Å². The molecule has 0 radical (unpaired) electrons. The van der Waals surface area contributed by atoms with Crippen molar-refractivity contribution in [3.8, 4) is 11.4 Å². The Bertz CT molecular complexity index is 863. The number of benzene rings is 1. The molecule has 0 aliphatic rings. The van der Waals surface area contributed by atoms with Gasteiger partial charge in [-0.1, -0.05) is 17.8 Å². The van der Waals surface area contributed by atoms with E-state index in [9.17, 15) is 19.7 Å². The van der Waals surface area contributed by atoms with E-state index in [1.54, 1.807) is 29.7 Å². The number of nitro benzene ring substituents is 1. The molecule has 1 heterocycles. The first-order chi connectivity index (χ1) is 12.9. The molecule has 1 aromatic heterocycles. The second-order valence-corrected chi connectivity index (χ2v) is 6.44. The van der Waals surface area contributed by atoms with Crippen molar-refractivity contribution < 1.29 is 19.2 Å². The van der Waals surface area contributed by atoms with Gasteiger partial charge >= 0.3 is 5.97 Å². The molecule has 9 nitrogen and oxygen atoms in total. The summed E-state index contributed by atoms with van der Waals surface area (Å²) in [7, 11) is 0. The molecule has 0 aliphatic heterocycles. The average Bonchev–Trinajstić information content (AvgIpc) is 3.02. The summed E-state index contributed by atoms with van der Waals surface area (Å²) in [4.78, 5) is 34.2. The van der Waals surface area contributed by atoms with Gasteiger partial charge in [0.25, 0.3) is 5.69 Å². The van der Waals surface area contributed by atoms with E-state index in [2.05, 4.69) is 16.8 Å². The van der Waals surface area contributed by atoms with Crippen LogP contribution in [0.1, 0.15) is 13.8 Å². The third-order valence-electron chi connectivity index (χ3n) is 3.46. The number of non-ortho nitro benzene ring substituents is 1. The van der Waals surface area contributed by atoms with Crippen LogP contribution in [0.15, 0.2) is 42.1 Å². The lowest BCUT2D eigenvalue weighted by Gasteiger charge is -2.13. The third-order valence-corrected chi connectivity index (χ3v) is 4.73. The molecule has 1 unspecified atom stereocenters. The lowest BCUT2D eigenvalue weighted by atomic mass is 10.2. The van der Waals surface area contributed by atoms with Gasteiger partial charge in [-0.25, -0.2) is 0 Å². The number of hydrogen-bond acceptors (Lipinski definition) is 8. The molecule has 2 rings (SSSR count). The quantitative estimate of drug-likeness (QED) is 0.160. The van der Waals surface area contributed by atoms with Crippen molar-refractivity contribution in [2.45, 2.75) is 30.8 Å².